The third kappa shape index (κ3) is 7.03. The van der Waals surface area contributed by atoms with E-state index < -0.39 is 30.8 Å². The van der Waals surface area contributed by atoms with Gasteiger partial charge in [0.25, 0.3) is 0 Å². The molecule has 10 heteroatoms. The number of esters is 1. The van der Waals surface area contributed by atoms with Crippen molar-refractivity contribution in [3.05, 3.63) is 17.7 Å². The summed E-state index contributed by atoms with van der Waals surface area (Å²) in [6, 6.07) is 2.51. The maximum absolute atomic E-state index is 12.5. The lowest BCUT2D eigenvalue weighted by atomic mass is 9.72. The first kappa shape index (κ1) is 25.8. The Kier molecular flexibility index (Phi) is 8.42. The maximum Gasteiger partial charge on any atom is 0.494 e. The summed E-state index contributed by atoms with van der Waals surface area (Å²) < 4.78 is 33.0. The molecule has 1 aromatic rings. The second-order valence-corrected chi connectivity index (χ2v) is 9.45. The summed E-state index contributed by atoms with van der Waals surface area (Å²) >= 11 is 0. The van der Waals surface area contributed by atoms with E-state index in [2.05, 4.69) is 19.2 Å². The van der Waals surface area contributed by atoms with E-state index in [0.29, 0.717) is 35.7 Å². The molecule has 0 aliphatic carbocycles. The number of hydrogen-bond acceptors (Lipinski definition) is 8. The monoisotopic (exact) mass is 451 g/mol. The molecule has 1 amide bonds. The van der Waals surface area contributed by atoms with Crippen molar-refractivity contribution in [1.82, 2.24) is 5.32 Å². The Morgan fingerprint density at radius 2 is 1.66 bits per heavy atom. The largest absolute Gasteiger partial charge is 0.494 e. The Labute approximate surface area is 190 Å². The van der Waals surface area contributed by atoms with Crippen LogP contribution in [0.15, 0.2) is 12.1 Å². The standard InChI is InChI=1S/C22H34BNO8/c1-21(2,3)32-20(26)24-16(19(25)29-8)9-14-10-17(27-6)18(28-7)11-15(14)23-30-12-22(4,5)13-31-23/h10-11,16H,9,12-13H2,1-8H3,(H,24,26)/t16-/m0/s1. The van der Waals surface area contributed by atoms with Gasteiger partial charge in [0.2, 0.25) is 0 Å². The van der Waals surface area contributed by atoms with Gasteiger partial charge in [-0.3, -0.25) is 0 Å². The highest BCUT2D eigenvalue weighted by molar-refractivity contribution is 6.62. The quantitative estimate of drug-likeness (QED) is 0.497. The Balaban J connectivity index is 2.38. The molecule has 1 atom stereocenters. The molecule has 1 aromatic carbocycles. The lowest BCUT2D eigenvalue weighted by Crippen LogP contribution is -2.50. The Hall–Kier alpha value is -2.46. The second kappa shape index (κ2) is 10.4. The highest BCUT2D eigenvalue weighted by atomic mass is 16.6. The zero-order valence-corrected chi connectivity index (χ0v) is 20.2. The van der Waals surface area contributed by atoms with Crippen LogP contribution in [0.5, 0.6) is 11.5 Å². The molecular weight excluding hydrogens is 417 g/mol. The third-order valence-electron chi connectivity index (χ3n) is 4.75. The molecule has 9 nitrogen and oxygen atoms in total. The van der Waals surface area contributed by atoms with E-state index in [-0.39, 0.29) is 11.8 Å². The van der Waals surface area contributed by atoms with E-state index in [1.165, 1.54) is 21.3 Å². The van der Waals surface area contributed by atoms with Crippen LogP contribution in [-0.4, -0.2) is 65.4 Å². The molecule has 1 saturated heterocycles. The van der Waals surface area contributed by atoms with Crippen LogP contribution in [0, 0.1) is 5.41 Å². The van der Waals surface area contributed by atoms with Gasteiger partial charge in [-0.15, -0.1) is 0 Å². The van der Waals surface area contributed by atoms with E-state index in [4.69, 9.17) is 28.3 Å². The summed E-state index contributed by atoms with van der Waals surface area (Å²) in [5.41, 5.74) is 0.535. The minimum absolute atomic E-state index is 0.105. The minimum Gasteiger partial charge on any atom is -0.493 e. The predicted octanol–water partition coefficient (Wildman–Crippen LogP) is 2.08. The molecule has 1 heterocycles. The van der Waals surface area contributed by atoms with Gasteiger partial charge in [0, 0.05) is 25.0 Å². The molecule has 2 rings (SSSR count). The summed E-state index contributed by atoms with van der Waals surface area (Å²) in [7, 11) is 3.66. The fourth-order valence-corrected chi connectivity index (χ4v) is 3.21. The molecule has 0 aromatic heterocycles. The summed E-state index contributed by atoms with van der Waals surface area (Å²) in [5.74, 6) is 0.365. The topological polar surface area (TPSA) is 102 Å². The van der Waals surface area contributed by atoms with E-state index in [1.807, 2.05) is 0 Å². The molecule has 0 unspecified atom stereocenters. The number of alkyl carbamates (subject to hydrolysis) is 1. The molecule has 0 saturated carbocycles. The first-order chi connectivity index (χ1) is 14.9. The van der Waals surface area contributed by atoms with Gasteiger partial charge < -0.3 is 33.6 Å². The van der Waals surface area contributed by atoms with Crippen LogP contribution in [0.3, 0.4) is 0 Å². The number of amides is 1. The number of hydrogen-bond donors (Lipinski definition) is 1. The number of carbonyl (C=O) groups is 2. The zero-order chi connectivity index (χ0) is 24.1. The molecule has 178 valence electrons. The van der Waals surface area contributed by atoms with Crippen molar-refractivity contribution in [1.29, 1.82) is 0 Å². The molecular formula is C22H34BNO8. The molecule has 1 fully saturated rings. The van der Waals surface area contributed by atoms with Crippen molar-refractivity contribution in [2.75, 3.05) is 34.5 Å². The van der Waals surface area contributed by atoms with Crippen LogP contribution in [0.25, 0.3) is 0 Å². The van der Waals surface area contributed by atoms with Gasteiger partial charge in [0.15, 0.2) is 11.5 Å². The number of rotatable bonds is 7. The van der Waals surface area contributed by atoms with Crippen molar-refractivity contribution < 1.29 is 37.8 Å². The Morgan fingerprint density at radius 1 is 1.09 bits per heavy atom. The average Bonchev–Trinajstić information content (AvgIpc) is 2.71. The summed E-state index contributed by atoms with van der Waals surface area (Å²) in [4.78, 5) is 24.8. The molecule has 0 bridgehead atoms. The molecule has 1 aliphatic heterocycles. The van der Waals surface area contributed by atoms with Gasteiger partial charge >= 0.3 is 19.2 Å². The van der Waals surface area contributed by atoms with Crippen molar-refractivity contribution >= 4 is 24.6 Å². The summed E-state index contributed by atoms with van der Waals surface area (Å²) in [6.45, 7) is 10.3. The van der Waals surface area contributed by atoms with Crippen molar-refractivity contribution in [2.24, 2.45) is 5.41 Å². The zero-order valence-electron chi connectivity index (χ0n) is 20.2. The maximum atomic E-state index is 12.5. The van der Waals surface area contributed by atoms with E-state index in [1.54, 1.807) is 32.9 Å². The highest BCUT2D eigenvalue weighted by Crippen LogP contribution is 2.29. The molecule has 0 radical (unpaired) electrons. The van der Waals surface area contributed by atoms with Crippen LogP contribution in [0.2, 0.25) is 0 Å². The lowest BCUT2D eigenvalue weighted by Gasteiger charge is -2.34. The smallest absolute Gasteiger partial charge is 0.493 e. The number of methoxy groups -OCH3 is 3. The van der Waals surface area contributed by atoms with Crippen molar-refractivity contribution in [3.8, 4) is 11.5 Å². The third-order valence-corrected chi connectivity index (χ3v) is 4.75. The second-order valence-electron chi connectivity index (χ2n) is 9.45. The first-order valence-electron chi connectivity index (χ1n) is 10.4. The van der Waals surface area contributed by atoms with Crippen molar-refractivity contribution in [2.45, 2.75) is 52.7 Å². The van der Waals surface area contributed by atoms with Gasteiger partial charge in [-0.05, 0) is 43.9 Å². The van der Waals surface area contributed by atoms with E-state index in [0.717, 1.165) is 0 Å². The molecule has 0 spiro atoms. The summed E-state index contributed by atoms with van der Waals surface area (Å²) in [5, 5.41) is 2.59. The number of benzene rings is 1. The fourth-order valence-electron chi connectivity index (χ4n) is 3.21. The average molecular weight is 451 g/mol. The lowest BCUT2D eigenvalue weighted by molar-refractivity contribution is -0.143. The van der Waals surface area contributed by atoms with E-state index in [9.17, 15) is 9.59 Å². The number of nitrogens with one attached hydrogen (secondary N) is 1. The first-order valence-corrected chi connectivity index (χ1v) is 10.4. The SMILES string of the molecule is COC(=O)[C@H](Cc1cc(OC)c(OC)cc1B1OCC(C)(C)CO1)NC(=O)OC(C)(C)C. The van der Waals surface area contributed by atoms with Crippen LogP contribution in [-0.2, 0) is 30.0 Å². The normalized spacial score (nSPS) is 16.7. The Morgan fingerprint density at radius 3 is 2.16 bits per heavy atom. The minimum atomic E-state index is -0.994. The van der Waals surface area contributed by atoms with Crippen LogP contribution in [0.4, 0.5) is 4.79 Å². The van der Waals surface area contributed by atoms with Gasteiger partial charge in [-0.25, -0.2) is 9.59 Å². The highest BCUT2D eigenvalue weighted by Gasteiger charge is 2.37. The number of carbonyl (C=O) groups excluding carboxylic acids is 2. The van der Waals surface area contributed by atoms with Gasteiger partial charge in [-0.2, -0.15) is 0 Å². The molecule has 1 aliphatic rings. The molecule has 32 heavy (non-hydrogen) atoms. The van der Waals surface area contributed by atoms with Gasteiger partial charge in [0.05, 0.1) is 21.3 Å². The summed E-state index contributed by atoms with van der Waals surface area (Å²) in [6.07, 6.45) is -0.615. The van der Waals surface area contributed by atoms with Crippen LogP contribution in [0.1, 0.15) is 40.2 Å². The van der Waals surface area contributed by atoms with Crippen LogP contribution < -0.4 is 20.3 Å². The van der Waals surface area contributed by atoms with Gasteiger partial charge in [-0.1, -0.05) is 13.8 Å². The number of ether oxygens (including phenoxy) is 4. The predicted molar refractivity (Wildman–Crippen MR) is 119 cm³/mol. The van der Waals surface area contributed by atoms with Crippen LogP contribution >= 0.6 is 0 Å². The van der Waals surface area contributed by atoms with E-state index >= 15 is 0 Å². The Bertz CT molecular complexity index is 811. The molecule has 1 N–H and O–H groups in total. The fraction of sp³-hybridized carbons (Fsp3) is 0.636. The van der Waals surface area contributed by atoms with Crippen molar-refractivity contribution in [3.63, 3.8) is 0 Å². The van der Waals surface area contributed by atoms with Gasteiger partial charge in [0.1, 0.15) is 11.6 Å².